The van der Waals surface area contributed by atoms with E-state index in [1.807, 2.05) is 61.5 Å². The highest BCUT2D eigenvalue weighted by Crippen LogP contribution is 2.37. The number of fused-ring (bicyclic) bond motifs is 1. The summed E-state index contributed by atoms with van der Waals surface area (Å²) in [7, 11) is 1.61. The van der Waals surface area contributed by atoms with E-state index in [2.05, 4.69) is 15.6 Å². The predicted octanol–water partition coefficient (Wildman–Crippen LogP) is 4.59. The lowest BCUT2D eigenvalue weighted by atomic mass is 9.95. The van der Waals surface area contributed by atoms with Crippen molar-refractivity contribution in [3.63, 3.8) is 0 Å². The zero-order valence-electron chi connectivity index (χ0n) is 18.7. The summed E-state index contributed by atoms with van der Waals surface area (Å²) in [5, 5.41) is 20.6. The third-order valence-corrected chi connectivity index (χ3v) is 5.66. The molecule has 3 aromatic carbocycles. The fraction of sp³-hybridized carbons (Fsp3) is 0.115. The summed E-state index contributed by atoms with van der Waals surface area (Å²) >= 11 is 0. The molecular formula is C26H23N5O3. The summed E-state index contributed by atoms with van der Waals surface area (Å²) in [4.78, 5) is 18.2. The number of rotatable bonds is 5. The van der Waals surface area contributed by atoms with E-state index < -0.39 is 6.04 Å². The summed E-state index contributed by atoms with van der Waals surface area (Å²) in [6.45, 7) is 1.85. The van der Waals surface area contributed by atoms with Gasteiger partial charge in [0.1, 0.15) is 17.5 Å². The maximum absolute atomic E-state index is 13.5. The molecule has 2 heterocycles. The van der Waals surface area contributed by atoms with Crippen molar-refractivity contribution in [2.75, 3.05) is 17.7 Å². The first-order valence-electron chi connectivity index (χ1n) is 10.8. The Morgan fingerprint density at radius 3 is 2.56 bits per heavy atom. The lowest BCUT2D eigenvalue weighted by molar-refractivity contribution is -0.113. The van der Waals surface area contributed by atoms with E-state index in [0.717, 1.165) is 11.1 Å². The van der Waals surface area contributed by atoms with Gasteiger partial charge in [-0.1, -0.05) is 30.3 Å². The van der Waals surface area contributed by atoms with Crippen LogP contribution in [0, 0.1) is 0 Å². The monoisotopic (exact) mass is 453 g/mol. The number of ether oxygens (including phenoxy) is 1. The first-order chi connectivity index (χ1) is 16.5. The minimum Gasteiger partial charge on any atom is -0.508 e. The van der Waals surface area contributed by atoms with Crippen molar-refractivity contribution in [2.24, 2.45) is 0 Å². The summed E-state index contributed by atoms with van der Waals surface area (Å²) < 4.78 is 7.15. The minimum atomic E-state index is -0.534. The number of methoxy groups -OCH3 is 1. The van der Waals surface area contributed by atoms with Gasteiger partial charge in [0, 0.05) is 16.9 Å². The molecule has 0 aliphatic carbocycles. The third kappa shape index (κ3) is 3.97. The number of aromatic nitrogens is 3. The van der Waals surface area contributed by atoms with E-state index in [1.54, 1.807) is 36.1 Å². The van der Waals surface area contributed by atoms with Crippen LogP contribution in [0.3, 0.4) is 0 Å². The van der Waals surface area contributed by atoms with E-state index in [-0.39, 0.29) is 11.7 Å². The molecule has 4 aromatic rings. The van der Waals surface area contributed by atoms with Crippen LogP contribution in [0.4, 0.5) is 11.6 Å². The summed E-state index contributed by atoms with van der Waals surface area (Å²) in [6.07, 6.45) is 0. The number of phenols is 1. The summed E-state index contributed by atoms with van der Waals surface area (Å²) in [6, 6.07) is 23.0. The molecule has 0 bridgehead atoms. The Bertz CT molecular complexity index is 1380. The van der Waals surface area contributed by atoms with Crippen LogP contribution in [-0.2, 0) is 4.79 Å². The average molecular weight is 454 g/mol. The van der Waals surface area contributed by atoms with Gasteiger partial charge in [-0.15, -0.1) is 5.10 Å². The first kappa shape index (κ1) is 21.3. The smallest absolute Gasteiger partial charge is 0.255 e. The van der Waals surface area contributed by atoms with E-state index >= 15 is 0 Å². The highest BCUT2D eigenvalue weighted by atomic mass is 16.5. The number of hydrogen-bond donors (Lipinski definition) is 3. The van der Waals surface area contributed by atoms with Gasteiger partial charge in [0.25, 0.3) is 5.91 Å². The molecule has 1 aliphatic rings. The maximum atomic E-state index is 13.5. The molecule has 34 heavy (non-hydrogen) atoms. The number of aromatic hydroxyl groups is 1. The van der Waals surface area contributed by atoms with Crippen LogP contribution in [0.1, 0.15) is 18.5 Å². The molecule has 1 aliphatic heterocycles. The molecule has 0 spiro atoms. The Balaban J connectivity index is 1.61. The first-order valence-corrected chi connectivity index (χ1v) is 10.8. The Morgan fingerprint density at radius 2 is 1.82 bits per heavy atom. The zero-order chi connectivity index (χ0) is 23.7. The molecule has 1 atom stereocenters. The number of allylic oxidation sites excluding steroid dienone is 1. The van der Waals surface area contributed by atoms with Crippen LogP contribution in [0.2, 0.25) is 0 Å². The lowest BCUT2D eigenvalue weighted by Crippen LogP contribution is -2.31. The van der Waals surface area contributed by atoms with Crippen molar-refractivity contribution < 1.29 is 14.6 Å². The number of amides is 1. The predicted molar refractivity (Wildman–Crippen MR) is 130 cm³/mol. The Labute approximate surface area is 196 Å². The summed E-state index contributed by atoms with van der Waals surface area (Å²) in [5.74, 6) is 1.60. The van der Waals surface area contributed by atoms with Crippen LogP contribution >= 0.6 is 0 Å². The van der Waals surface area contributed by atoms with Gasteiger partial charge in [0.15, 0.2) is 5.82 Å². The molecular weight excluding hydrogens is 430 g/mol. The molecule has 0 fully saturated rings. The van der Waals surface area contributed by atoms with Gasteiger partial charge in [-0.2, -0.15) is 4.98 Å². The second-order valence-corrected chi connectivity index (χ2v) is 7.91. The number of nitrogens with zero attached hydrogens (tertiary/aromatic N) is 3. The standard InChI is InChI=1S/C26H23N5O3/c1-16-22(25(33)28-19-8-4-3-5-9-19)23(18-7-6-10-21(15-18)34-2)31-26(27-16)29-24(30-31)17-11-13-20(32)14-12-17/h3-15,23,32H,1-2H3,(H,28,33)(H,27,29,30). The van der Waals surface area contributed by atoms with Crippen molar-refractivity contribution >= 4 is 17.5 Å². The largest absolute Gasteiger partial charge is 0.508 e. The number of carbonyl (C=O) groups is 1. The molecule has 0 radical (unpaired) electrons. The lowest BCUT2D eigenvalue weighted by Gasteiger charge is -2.28. The minimum absolute atomic E-state index is 0.164. The molecule has 0 saturated heterocycles. The van der Waals surface area contributed by atoms with E-state index in [0.29, 0.717) is 34.5 Å². The fourth-order valence-corrected chi connectivity index (χ4v) is 4.02. The van der Waals surface area contributed by atoms with Gasteiger partial charge in [0.2, 0.25) is 5.95 Å². The van der Waals surface area contributed by atoms with Crippen LogP contribution in [0.15, 0.2) is 90.1 Å². The molecule has 5 rings (SSSR count). The van der Waals surface area contributed by atoms with E-state index in [9.17, 15) is 9.90 Å². The van der Waals surface area contributed by atoms with Gasteiger partial charge in [-0.3, -0.25) is 4.79 Å². The number of benzene rings is 3. The zero-order valence-corrected chi connectivity index (χ0v) is 18.7. The number of phenolic OH excluding ortho intramolecular Hbond substituents is 1. The van der Waals surface area contributed by atoms with Crippen LogP contribution in [0.5, 0.6) is 11.5 Å². The topological polar surface area (TPSA) is 101 Å². The van der Waals surface area contributed by atoms with E-state index in [1.165, 1.54) is 0 Å². The highest BCUT2D eigenvalue weighted by Gasteiger charge is 2.34. The molecule has 170 valence electrons. The Morgan fingerprint density at radius 1 is 1.06 bits per heavy atom. The second kappa shape index (κ2) is 8.74. The highest BCUT2D eigenvalue weighted by molar-refractivity contribution is 6.06. The SMILES string of the molecule is COc1cccc(C2C(C(=O)Nc3ccccc3)=C(C)Nc3nc(-c4ccc(O)cc4)nn32)c1. The molecule has 1 unspecified atom stereocenters. The fourth-order valence-electron chi connectivity index (χ4n) is 4.02. The summed E-state index contributed by atoms with van der Waals surface area (Å²) in [5.41, 5.74) is 3.48. The molecule has 1 aromatic heterocycles. The Hall–Kier alpha value is -4.59. The van der Waals surface area contributed by atoms with Gasteiger partial charge in [-0.05, 0) is 61.0 Å². The maximum Gasteiger partial charge on any atom is 0.255 e. The molecule has 3 N–H and O–H groups in total. The number of nitrogens with one attached hydrogen (secondary N) is 2. The third-order valence-electron chi connectivity index (χ3n) is 5.66. The van der Waals surface area contributed by atoms with Gasteiger partial charge in [0.05, 0.1) is 12.7 Å². The molecule has 0 saturated carbocycles. The van der Waals surface area contributed by atoms with E-state index in [4.69, 9.17) is 9.84 Å². The van der Waals surface area contributed by atoms with Crippen molar-refractivity contribution in [3.8, 4) is 22.9 Å². The second-order valence-electron chi connectivity index (χ2n) is 7.91. The van der Waals surface area contributed by atoms with Gasteiger partial charge >= 0.3 is 0 Å². The van der Waals surface area contributed by atoms with Crippen LogP contribution in [0.25, 0.3) is 11.4 Å². The number of hydrogen-bond acceptors (Lipinski definition) is 6. The van der Waals surface area contributed by atoms with Gasteiger partial charge < -0.3 is 20.5 Å². The van der Waals surface area contributed by atoms with Crippen molar-refractivity contribution in [2.45, 2.75) is 13.0 Å². The van der Waals surface area contributed by atoms with Crippen LogP contribution in [-0.4, -0.2) is 32.9 Å². The number of para-hydroxylation sites is 1. The number of anilines is 2. The van der Waals surface area contributed by atoms with Crippen molar-refractivity contribution in [1.82, 2.24) is 14.8 Å². The molecule has 8 nitrogen and oxygen atoms in total. The normalized spacial score (nSPS) is 14.8. The average Bonchev–Trinajstić information content (AvgIpc) is 3.27. The van der Waals surface area contributed by atoms with Gasteiger partial charge in [-0.25, -0.2) is 4.68 Å². The number of carbonyl (C=O) groups excluding carboxylic acids is 1. The molecule has 1 amide bonds. The molecule has 8 heteroatoms. The van der Waals surface area contributed by atoms with Crippen molar-refractivity contribution in [1.29, 1.82) is 0 Å². The quantitative estimate of drug-likeness (QED) is 0.409. The van der Waals surface area contributed by atoms with Crippen molar-refractivity contribution in [3.05, 3.63) is 95.7 Å². The van der Waals surface area contributed by atoms with Crippen LogP contribution < -0.4 is 15.4 Å². The Kier molecular flexibility index (Phi) is 5.47.